The lowest BCUT2D eigenvalue weighted by Crippen LogP contribution is -2.07. The second-order valence-electron chi connectivity index (χ2n) is 4.07. The van der Waals surface area contributed by atoms with Crippen molar-refractivity contribution in [1.82, 2.24) is 0 Å². The van der Waals surface area contributed by atoms with E-state index < -0.39 is 28.9 Å². The molecule has 1 nitrogen and oxygen atoms in total. The zero-order valence-corrected chi connectivity index (χ0v) is 11.9. The average Bonchev–Trinajstić information content (AvgIpc) is 2.42. The minimum absolute atomic E-state index is 0.169. The lowest BCUT2D eigenvalue weighted by atomic mass is 10.0. The summed E-state index contributed by atoms with van der Waals surface area (Å²) in [7, 11) is 0. The molecule has 0 fully saturated rings. The van der Waals surface area contributed by atoms with Gasteiger partial charge in [0.2, 0.25) is 0 Å². The van der Waals surface area contributed by atoms with Crippen LogP contribution in [0.15, 0.2) is 36.4 Å². The van der Waals surface area contributed by atoms with Crippen LogP contribution in [0, 0.1) is 17.5 Å². The molecule has 112 valence electrons. The molecule has 0 saturated heterocycles. The highest BCUT2D eigenvalue weighted by atomic mass is 79.9. The summed E-state index contributed by atoms with van der Waals surface area (Å²) in [5.41, 5.74) is -0.0538. The quantitative estimate of drug-likeness (QED) is 0.411. The average molecular weight is 367 g/mol. The predicted octanol–water partition coefficient (Wildman–Crippen LogP) is 5.19. The van der Waals surface area contributed by atoms with Crippen LogP contribution in [0.25, 0.3) is 0 Å². The van der Waals surface area contributed by atoms with Crippen molar-refractivity contribution in [2.24, 2.45) is 0 Å². The summed E-state index contributed by atoms with van der Waals surface area (Å²) in [5, 5.41) is 0. The smallest absolute Gasteiger partial charge is 0.387 e. The molecule has 0 bridgehead atoms. The van der Waals surface area contributed by atoms with E-state index in [9.17, 15) is 22.0 Å². The van der Waals surface area contributed by atoms with Crippen molar-refractivity contribution < 1.29 is 26.7 Å². The van der Waals surface area contributed by atoms with Crippen molar-refractivity contribution in [3.63, 3.8) is 0 Å². The number of alkyl halides is 3. The van der Waals surface area contributed by atoms with Gasteiger partial charge >= 0.3 is 6.61 Å². The van der Waals surface area contributed by atoms with Crippen LogP contribution in [0.2, 0.25) is 0 Å². The van der Waals surface area contributed by atoms with Crippen molar-refractivity contribution in [1.29, 1.82) is 0 Å². The van der Waals surface area contributed by atoms with Crippen LogP contribution >= 0.6 is 15.9 Å². The van der Waals surface area contributed by atoms with Gasteiger partial charge in [0.25, 0.3) is 0 Å². The number of ether oxygens (including phenoxy) is 1. The number of hydrogen-bond acceptors (Lipinski definition) is 1. The Kier molecular flexibility index (Phi) is 4.82. The fourth-order valence-electron chi connectivity index (χ4n) is 1.79. The van der Waals surface area contributed by atoms with Crippen molar-refractivity contribution in [3.05, 3.63) is 65.0 Å². The summed E-state index contributed by atoms with van der Waals surface area (Å²) in [6, 6.07) is 6.74. The summed E-state index contributed by atoms with van der Waals surface area (Å²) in [6.07, 6.45) is 0. The molecule has 2 aromatic carbocycles. The van der Waals surface area contributed by atoms with E-state index in [1.165, 1.54) is 24.3 Å². The Morgan fingerprint density at radius 1 is 0.857 bits per heavy atom. The van der Waals surface area contributed by atoms with Crippen LogP contribution in [0.4, 0.5) is 22.0 Å². The van der Waals surface area contributed by atoms with E-state index in [-0.39, 0.29) is 16.9 Å². The third-order valence-electron chi connectivity index (χ3n) is 2.72. The van der Waals surface area contributed by atoms with Gasteiger partial charge in [-0.1, -0.05) is 34.1 Å². The summed E-state index contributed by atoms with van der Waals surface area (Å²) in [4.78, 5) is -0.970. The molecule has 2 rings (SSSR count). The molecule has 0 aliphatic heterocycles. The van der Waals surface area contributed by atoms with Gasteiger partial charge in [0.15, 0.2) is 11.6 Å². The monoisotopic (exact) mass is 366 g/mol. The van der Waals surface area contributed by atoms with Crippen LogP contribution in [0.1, 0.15) is 16.0 Å². The molecule has 1 atom stereocenters. The number of hydrogen-bond donors (Lipinski definition) is 0. The first-order valence-corrected chi connectivity index (χ1v) is 6.64. The molecule has 1 unspecified atom stereocenters. The van der Waals surface area contributed by atoms with Crippen LogP contribution < -0.4 is 4.74 Å². The Morgan fingerprint density at radius 2 is 1.48 bits per heavy atom. The van der Waals surface area contributed by atoms with Gasteiger partial charge in [-0.05, 0) is 12.1 Å². The minimum atomic E-state index is -3.05. The highest BCUT2D eigenvalue weighted by molar-refractivity contribution is 9.09. The number of halogens is 6. The molecule has 0 aliphatic carbocycles. The molecule has 0 aliphatic rings. The third kappa shape index (κ3) is 3.53. The van der Waals surface area contributed by atoms with Gasteiger partial charge in [0.1, 0.15) is 11.6 Å². The van der Waals surface area contributed by atoms with E-state index in [1.807, 2.05) is 0 Å². The van der Waals surface area contributed by atoms with Crippen LogP contribution in [0.5, 0.6) is 5.75 Å². The summed E-state index contributed by atoms with van der Waals surface area (Å²) < 4.78 is 68.9. The topological polar surface area (TPSA) is 9.23 Å². The first kappa shape index (κ1) is 15.8. The highest BCUT2D eigenvalue weighted by Crippen LogP contribution is 2.38. The molecule has 21 heavy (non-hydrogen) atoms. The molecule has 0 spiro atoms. The van der Waals surface area contributed by atoms with E-state index in [0.717, 1.165) is 0 Å². The Labute approximate surface area is 125 Å². The molecule has 0 aromatic heterocycles. The van der Waals surface area contributed by atoms with E-state index in [1.54, 1.807) is 0 Å². The van der Waals surface area contributed by atoms with Gasteiger partial charge in [0, 0.05) is 17.2 Å². The Balaban J connectivity index is 2.45. The molecular weight excluding hydrogens is 359 g/mol. The largest absolute Gasteiger partial charge is 0.434 e. The van der Waals surface area contributed by atoms with E-state index in [2.05, 4.69) is 20.7 Å². The van der Waals surface area contributed by atoms with Gasteiger partial charge in [0.05, 0.1) is 4.83 Å². The second kappa shape index (κ2) is 6.43. The van der Waals surface area contributed by atoms with E-state index in [0.29, 0.717) is 12.1 Å². The number of para-hydroxylation sites is 1. The summed E-state index contributed by atoms with van der Waals surface area (Å²) >= 11 is 3.09. The normalized spacial score (nSPS) is 12.5. The van der Waals surface area contributed by atoms with Crippen LogP contribution in [0.3, 0.4) is 0 Å². The van der Waals surface area contributed by atoms with Gasteiger partial charge in [-0.25, -0.2) is 13.2 Å². The Hall–Kier alpha value is -1.63. The van der Waals surface area contributed by atoms with Crippen molar-refractivity contribution in [3.8, 4) is 5.75 Å². The molecule has 0 saturated carbocycles. The maximum Gasteiger partial charge on any atom is 0.387 e. The fourth-order valence-corrected chi connectivity index (χ4v) is 2.52. The Morgan fingerprint density at radius 3 is 2.14 bits per heavy atom. The van der Waals surface area contributed by atoms with Crippen LogP contribution in [-0.4, -0.2) is 6.61 Å². The van der Waals surface area contributed by atoms with E-state index >= 15 is 0 Å². The molecule has 2 aromatic rings. The summed E-state index contributed by atoms with van der Waals surface area (Å²) in [6.45, 7) is -3.05. The van der Waals surface area contributed by atoms with E-state index in [4.69, 9.17) is 0 Å². The molecule has 0 amide bonds. The van der Waals surface area contributed by atoms with Gasteiger partial charge in [-0.3, -0.25) is 0 Å². The zero-order chi connectivity index (χ0) is 15.6. The lowest BCUT2D eigenvalue weighted by Gasteiger charge is -2.16. The molecular formula is C14H8BrF5O. The maximum absolute atomic E-state index is 13.7. The third-order valence-corrected chi connectivity index (χ3v) is 3.71. The van der Waals surface area contributed by atoms with Crippen molar-refractivity contribution in [2.45, 2.75) is 11.4 Å². The lowest BCUT2D eigenvalue weighted by molar-refractivity contribution is -0.0503. The highest BCUT2D eigenvalue weighted by Gasteiger charge is 2.22. The predicted molar refractivity (Wildman–Crippen MR) is 70.2 cm³/mol. The molecule has 0 heterocycles. The van der Waals surface area contributed by atoms with Gasteiger partial charge in [-0.15, -0.1) is 0 Å². The zero-order valence-electron chi connectivity index (χ0n) is 10.3. The number of rotatable bonds is 4. The molecule has 0 N–H and O–H groups in total. The first-order valence-electron chi connectivity index (χ1n) is 5.72. The fraction of sp³-hybridized carbons (Fsp3) is 0.143. The van der Waals surface area contributed by atoms with Gasteiger partial charge in [-0.2, -0.15) is 8.78 Å². The standard InChI is InChI=1S/C14H8BrF5O/c15-13(8-5-10(17)11(18)6-9(8)16)7-3-1-2-4-12(7)21-14(19)20/h1-6,13-14H. The SMILES string of the molecule is Fc1cc(F)c(C(Br)c2ccccc2OC(F)F)cc1F. The molecule has 7 heteroatoms. The first-order chi connectivity index (χ1) is 9.90. The second-order valence-corrected chi connectivity index (χ2v) is 4.98. The van der Waals surface area contributed by atoms with Crippen LogP contribution in [-0.2, 0) is 0 Å². The van der Waals surface area contributed by atoms with Crippen molar-refractivity contribution in [2.75, 3.05) is 0 Å². The Bertz CT molecular complexity index is 647. The summed E-state index contributed by atoms with van der Waals surface area (Å²) in [5.74, 6) is -3.74. The number of benzene rings is 2. The van der Waals surface area contributed by atoms with Gasteiger partial charge < -0.3 is 4.74 Å². The minimum Gasteiger partial charge on any atom is -0.434 e. The van der Waals surface area contributed by atoms with Crippen molar-refractivity contribution >= 4 is 15.9 Å². The molecule has 0 radical (unpaired) electrons. The maximum atomic E-state index is 13.7.